The number of anilines is 1. The van der Waals surface area contributed by atoms with E-state index in [9.17, 15) is 15.0 Å². The van der Waals surface area contributed by atoms with Crippen LogP contribution in [0.25, 0.3) is 0 Å². The molecule has 0 aromatic heterocycles. The highest BCUT2D eigenvalue weighted by molar-refractivity contribution is 5.94. The fourth-order valence-electron chi connectivity index (χ4n) is 2.94. The Hall–Kier alpha value is -1.83. The van der Waals surface area contributed by atoms with Crippen LogP contribution in [0.15, 0.2) is 18.2 Å². The van der Waals surface area contributed by atoms with Gasteiger partial charge in [0.25, 0.3) is 0 Å². The van der Waals surface area contributed by atoms with Gasteiger partial charge in [-0.1, -0.05) is 0 Å². The molecule has 3 atom stereocenters. The second-order valence-electron chi connectivity index (χ2n) is 5.66. The van der Waals surface area contributed by atoms with Crippen molar-refractivity contribution in [2.75, 3.05) is 25.3 Å². The Morgan fingerprint density at radius 3 is 3.00 bits per heavy atom. The Balaban J connectivity index is 1.66. The van der Waals surface area contributed by atoms with Crippen molar-refractivity contribution in [3.8, 4) is 11.5 Å². The van der Waals surface area contributed by atoms with Crippen molar-refractivity contribution in [3.05, 3.63) is 18.2 Å². The normalized spacial score (nSPS) is 25.2. The zero-order valence-corrected chi connectivity index (χ0v) is 12.4. The zero-order chi connectivity index (χ0) is 15.7. The van der Waals surface area contributed by atoms with Crippen LogP contribution in [0.1, 0.15) is 13.3 Å². The number of nitrogens with zero attached hydrogens (tertiary/aromatic N) is 1. The molecule has 0 saturated carbocycles. The van der Waals surface area contributed by atoms with Crippen LogP contribution >= 0.6 is 0 Å². The number of hydrogen-bond donors (Lipinski definition) is 3. The highest BCUT2D eigenvalue weighted by Crippen LogP contribution is 2.34. The summed E-state index contributed by atoms with van der Waals surface area (Å²) in [7, 11) is 0. The van der Waals surface area contributed by atoms with Gasteiger partial charge in [-0.05, 0) is 25.5 Å². The number of nitrogens with one attached hydrogen (secondary N) is 1. The van der Waals surface area contributed by atoms with Crippen LogP contribution < -0.4 is 14.8 Å². The molecule has 7 nitrogen and oxygen atoms in total. The molecule has 7 heteroatoms. The van der Waals surface area contributed by atoms with Crippen molar-refractivity contribution in [2.24, 2.45) is 0 Å². The number of ether oxygens (including phenoxy) is 2. The lowest BCUT2D eigenvalue weighted by Crippen LogP contribution is -2.46. The molecule has 1 fully saturated rings. The molecule has 2 aliphatic rings. The van der Waals surface area contributed by atoms with E-state index in [1.807, 2.05) is 4.90 Å². The van der Waals surface area contributed by atoms with Gasteiger partial charge >= 0.3 is 0 Å². The van der Waals surface area contributed by atoms with Crippen LogP contribution in [0.4, 0.5) is 5.69 Å². The maximum atomic E-state index is 12.4. The third kappa shape index (κ3) is 2.87. The summed E-state index contributed by atoms with van der Waals surface area (Å²) in [6, 6.07) is 4.58. The fourth-order valence-corrected chi connectivity index (χ4v) is 2.94. The molecule has 120 valence electrons. The molecule has 1 amide bonds. The SMILES string of the molecule is CC(C(=O)Nc1ccc2c(c1)OCO2)N1CC(O)CC1CO. The number of hydrogen-bond acceptors (Lipinski definition) is 6. The first kappa shape index (κ1) is 15.1. The largest absolute Gasteiger partial charge is 0.454 e. The van der Waals surface area contributed by atoms with Gasteiger partial charge in [-0.15, -0.1) is 0 Å². The number of fused-ring (bicyclic) bond motifs is 1. The van der Waals surface area contributed by atoms with Crippen molar-refractivity contribution < 1.29 is 24.5 Å². The molecule has 0 bridgehead atoms. The predicted octanol–water partition coefficient (Wildman–Crippen LogP) is 0.170. The van der Waals surface area contributed by atoms with E-state index >= 15 is 0 Å². The number of carbonyl (C=O) groups is 1. The minimum atomic E-state index is -0.502. The van der Waals surface area contributed by atoms with Crippen molar-refractivity contribution in [3.63, 3.8) is 0 Å². The molecule has 0 spiro atoms. The Bertz CT molecular complexity index is 565. The van der Waals surface area contributed by atoms with E-state index in [-0.39, 0.29) is 25.3 Å². The van der Waals surface area contributed by atoms with E-state index in [2.05, 4.69) is 5.32 Å². The summed E-state index contributed by atoms with van der Waals surface area (Å²) in [6.45, 7) is 2.27. The minimum Gasteiger partial charge on any atom is -0.454 e. The Kier molecular flexibility index (Phi) is 4.19. The van der Waals surface area contributed by atoms with Crippen LogP contribution in [0.5, 0.6) is 11.5 Å². The van der Waals surface area contributed by atoms with Gasteiger partial charge in [-0.2, -0.15) is 0 Å². The lowest BCUT2D eigenvalue weighted by Gasteiger charge is -2.28. The third-order valence-corrected chi connectivity index (χ3v) is 4.16. The van der Waals surface area contributed by atoms with Gasteiger partial charge in [0, 0.05) is 24.3 Å². The van der Waals surface area contributed by atoms with Gasteiger partial charge in [0.15, 0.2) is 11.5 Å². The fraction of sp³-hybridized carbons (Fsp3) is 0.533. The molecular weight excluding hydrogens is 288 g/mol. The molecule has 3 rings (SSSR count). The maximum Gasteiger partial charge on any atom is 0.241 e. The maximum absolute atomic E-state index is 12.4. The number of benzene rings is 1. The summed E-state index contributed by atoms with van der Waals surface area (Å²) in [4.78, 5) is 14.2. The van der Waals surface area contributed by atoms with Gasteiger partial charge < -0.3 is 25.0 Å². The van der Waals surface area contributed by atoms with Gasteiger partial charge in [0.1, 0.15) is 0 Å². The molecule has 1 aromatic carbocycles. The Labute approximate surface area is 128 Å². The average Bonchev–Trinajstić information content (AvgIpc) is 3.11. The van der Waals surface area contributed by atoms with Crippen molar-refractivity contribution in [1.82, 2.24) is 4.90 Å². The molecule has 0 radical (unpaired) electrons. The number of carbonyl (C=O) groups excluding carboxylic acids is 1. The van der Waals surface area contributed by atoms with Gasteiger partial charge in [-0.25, -0.2) is 0 Å². The lowest BCUT2D eigenvalue weighted by atomic mass is 10.2. The first-order valence-electron chi connectivity index (χ1n) is 7.33. The van der Waals surface area contributed by atoms with Crippen LogP contribution in [-0.4, -0.2) is 59.2 Å². The number of aliphatic hydroxyl groups excluding tert-OH is 2. The zero-order valence-electron chi connectivity index (χ0n) is 12.4. The predicted molar refractivity (Wildman–Crippen MR) is 78.9 cm³/mol. The quantitative estimate of drug-likeness (QED) is 0.734. The summed E-state index contributed by atoms with van der Waals surface area (Å²) in [5.41, 5.74) is 0.626. The van der Waals surface area contributed by atoms with E-state index in [4.69, 9.17) is 9.47 Å². The topological polar surface area (TPSA) is 91.3 Å². The number of aliphatic hydroxyl groups is 2. The van der Waals surface area contributed by atoms with E-state index < -0.39 is 12.1 Å². The standard InChI is InChI=1S/C15H20N2O5/c1-9(17-6-12(19)5-11(17)7-18)15(20)16-10-2-3-13-14(4-10)22-8-21-13/h2-4,9,11-12,18-19H,5-8H2,1H3,(H,16,20). The monoisotopic (exact) mass is 308 g/mol. The lowest BCUT2D eigenvalue weighted by molar-refractivity contribution is -0.121. The van der Waals surface area contributed by atoms with E-state index in [1.54, 1.807) is 25.1 Å². The first-order chi connectivity index (χ1) is 10.6. The Morgan fingerprint density at radius 2 is 2.23 bits per heavy atom. The van der Waals surface area contributed by atoms with Crippen LogP contribution in [0, 0.1) is 0 Å². The third-order valence-electron chi connectivity index (χ3n) is 4.16. The van der Waals surface area contributed by atoms with Gasteiger partial charge in [0.2, 0.25) is 12.7 Å². The molecule has 0 aliphatic carbocycles. The average molecular weight is 308 g/mol. The molecule has 3 N–H and O–H groups in total. The van der Waals surface area contributed by atoms with Crippen LogP contribution in [0.3, 0.4) is 0 Å². The minimum absolute atomic E-state index is 0.0707. The molecule has 22 heavy (non-hydrogen) atoms. The van der Waals surface area contributed by atoms with Crippen molar-refractivity contribution in [2.45, 2.75) is 31.5 Å². The van der Waals surface area contributed by atoms with Crippen molar-refractivity contribution in [1.29, 1.82) is 0 Å². The Morgan fingerprint density at radius 1 is 1.45 bits per heavy atom. The van der Waals surface area contributed by atoms with Gasteiger partial charge in [0.05, 0.1) is 18.8 Å². The summed E-state index contributed by atoms with van der Waals surface area (Å²) in [5, 5.41) is 21.9. The molecule has 3 unspecified atom stereocenters. The number of β-amino-alcohol motifs (C(OH)–C–C–N with tert-alkyl or cyclic N) is 1. The number of rotatable bonds is 4. The van der Waals surface area contributed by atoms with Gasteiger partial charge in [-0.3, -0.25) is 9.69 Å². The highest BCUT2D eigenvalue weighted by Gasteiger charge is 2.36. The smallest absolute Gasteiger partial charge is 0.241 e. The first-order valence-corrected chi connectivity index (χ1v) is 7.33. The second-order valence-corrected chi connectivity index (χ2v) is 5.66. The molecule has 1 aromatic rings. The van der Waals surface area contributed by atoms with Crippen LogP contribution in [-0.2, 0) is 4.79 Å². The van der Waals surface area contributed by atoms with E-state index in [0.29, 0.717) is 30.2 Å². The summed E-state index contributed by atoms with van der Waals surface area (Å²) in [6.07, 6.45) is -0.0176. The molecule has 2 heterocycles. The highest BCUT2D eigenvalue weighted by atomic mass is 16.7. The van der Waals surface area contributed by atoms with E-state index in [0.717, 1.165) is 0 Å². The molecule has 1 saturated heterocycles. The molecule has 2 aliphatic heterocycles. The van der Waals surface area contributed by atoms with E-state index in [1.165, 1.54) is 0 Å². The summed E-state index contributed by atoms with van der Waals surface area (Å²) in [5.74, 6) is 1.08. The number of likely N-dealkylation sites (tertiary alicyclic amines) is 1. The number of amides is 1. The summed E-state index contributed by atoms with van der Waals surface area (Å²) < 4.78 is 10.5. The van der Waals surface area contributed by atoms with Crippen LogP contribution in [0.2, 0.25) is 0 Å². The molecular formula is C15H20N2O5. The van der Waals surface area contributed by atoms with Crippen molar-refractivity contribution >= 4 is 11.6 Å². The second kappa shape index (κ2) is 6.12. The summed E-state index contributed by atoms with van der Waals surface area (Å²) >= 11 is 0.